The maximum absolute atomic E-state index is 5.82. The molecule has 0 spiro atoms. The highest BCUT2D eigenvalue weighted by atomic mass is 16.5. The van der Waals surface area contributed by atoms with E-state index in [4.69, 9.17) is 9.47 Å². The van der Waals surface area contributed by atoms with Crippen molar-refractivity contribution in [3.05, 3.63) is 60.9 Å². The molecule has 1 aliphatic rings. The second-order valence-corrected chi connectivity index (χ2v) is 7.61. The molecule has 0 atom stereocenters. The van der Waals surface area contributed by atoms with Gasteiger partial charge in [0.05, 0.1) is 13.2 Å². The number of nitrogens with zero attached hydrogens (tertiary/aromatic N) is 1. The Hall–Kier alpha value is -2.16. The van der Waals surface area contributed by atoms with E-state index in [2.05, 4.69) is 60.9 Å². The van der Waals surface area contributed by atoms with Gasteiger partial charge >= 0.3 is 0 Å². The Balaban J connectivity index is 1.67. The molecule has 0 N–H and O–H groups in total. The van der Waals surface area contributed by atoms with Crippen LogP contribution < -0.4 is 9.64 Å². The van der Waals surface area contributed by atoms with Gasteiger partial charge in [0.1, 0.15) is 11.5 Å². The lowest BCUT2D eigenvalue weighted by molar-refractivity contribution is 0.215. The summed E-state index contributed by atoms with van der Waals surface area (Å²) in [7, 11) is 0. The number of anilines is 1. The fourth-order valence-corrected chi connectivity index (χ4v) is 3.35. The topological polar surface area (TPSA) is 21.7 Å². The summed E-state index contributed by atoms with van der Waals surface area (Å²) in [4.78, 5) is 2.46. The summed E-state index contributed by atoms with van der Waals surface area (Å²) in [5, 5.41) is 0. The highest BCUT2D eigenvalue weighted by Crippen LogP contribution is 2.21. The molecule has 0 fully saturated rings. The van der Waals surface area contributed by atoms with E-state index in [0.717, 1.165) is 76.3 Å². The summed E-state index contributed by atoms with van der Waals surface area (Å²) in [6.45, 7) is 9.79. The molecule has 29 heavy (non-hydrogen) atoms. The summed E-state index contributed by atoms with van der Waals surface area (Å²) in [6, 6.07) is 8.56. The van der Waals surface area contributed by atoms with Gasteiger partial charge in [0.2, 0.25) is 0 Å². The first-order valence-corrected chi connectivity index (χ1v) is 11.4. The standard InChI is InChI=1S/C26H39NO2/c1-3-5-20-27(24-16-18-26(19-17-24)28-22-6-4-2)21-12-7-8-13-23-29-25-14-10-9-11-15-25/h3,10,14-19H,1,4-9,11-13,20-23H2,2H3. The first kappa shape index (κ1) is 23.1. The Morgan fingerprint density at radius 1 is 0.931 bits per heavy atom. The fourth-order valence-electron chi connectivity index (χ4n) is 3.35. The van der Waals surface area contributed by atoms with Crippen LogP contribution in [0.25, 0.3) is 0 Å². The molecule has 0 heterocycles. The molecule has 2 rings (SSSR count). The van der Waals surface area contributed by atoms with Gasteiger partial charge in [-0.25, -0.2) is 0 Å². The Morgan fingerprint density at radius 2 is 1.72 bits per heavy atom. The number of hydrogen-bond donors (Lipinski definition) is 0. The van der Waals surface area contributed by atoms with E-state index >= 15 is 0 Å². The molecule has 1 aliphatic carbocycles. The molecule has 0 bridgehead atoms. The zero-order valence-electron chi connectivity index (χ0n) is 18.3. The molecule has 0 saturated carbocycles. The van der Waals surface area contributed by atoms with Gasteiger partial charge < -0.3 is 14.4 Å². The lowest BCUT2D eigenvalue weighted by atomic mass is 10.1. The minimum atomic E-state index is 0.799. The summed E-state index contributed by atoms with van der Waals surface area (Å²) < 4.78 is 11.6. The number of allylic oxidation sites excluding steroid dienone is 3. The summed E-state index contributed by atoms with van der Waals surface area (Å²) >= 11 is 0. The van der Waals surface area contributed by atoms with Crippen LogP contribution in [0.2, 0.25) is 0 Å². The minimum absolute atomic E-state index is 0.799. The summed E-state index contributed by atoms with van der Waals surface area (Å²) in [5.41, 5.74) is 1.27. The summed E-state index contributed by atoms with van der Waals surface area (Å²) in [5.74, 6) is 2.02. The Labute approximate surface area is 178 Å². The maximum atomic E-state index is 5.82. The first-order chi connectivity index (χ1) is 14.3. The van der Waals surface area contributed by atoms with Crippen LogP contribution in [0.3, 0.4) is 0 Å². The van der Waals surface area contributed by atoms with Crippen LogP contribution in [0.15, 0.2) is 60.9 Å². The number of unbranched alkanes of at least 4 members (excludes halogenated alkanes) is 4. The van der Waals surface area contributed by atoms with E-state index < -0.39 is 0 Å². The third kappa shape index (κ3) is 9.74. The van der Waals surface area contributed by atoms with Crippen molar-refractivity contribution in [3.63, 3.8) is 0 Å². The Bertz CT molecular complexity index is 618. The average molecular weight is 398 g/mol. The van der Waals surface area contributed by atoms with Crippen LogP contribution in [-0.2, 0) is 4.74 Å². The van der Waals surface area contributed by atoms with Crippen molar-refractivity contribution in [2.75, 3.05) is 31.2 Å². The number of ether oxygens (including phenoxy) is 2. The average Bonchev–Trinajstić information content (AvgIpc) is 2.76. The van der Waals surface area contributed by atoms with Gasteiger partial charge in [-0.15, -0.1) is 6.58 Å². The molecule has 0 radical (unpaired) electrons. The van der Waals surface area contributed by atoms with Crippen molar-refractivity contribution in [1.82, 2.24) is 0 Å². The van der Waals surface area contributed by atoms with Gasteiger partial charge in [-0.05, 0) is 74.9 Å². The van der Waals surface area contributed by atoms with E-state index in [1.807, 2.05) is 6.08 Å². The third-order valence-electron chi connectivity index (χ3n) is 5.12. The van der Waals surface area contributed by atoms with Gasteiger partial charge in [0, 0.05) is 18.8 Å². The van der Waals surface area contributed by atoms with Gasteiger partial charge in [-0.3, -0.25) is 0 Å². The zero-order valence-corrected chi connectivity index (χ0v) is 18.3. The third-order valence-corrected chi connectivity index (χ3v) is 5.12. The van der Waals surface area contributed by atoms with E-state index in [-0.39, 0.29) is 0 Å². The molecule has 0 saturated heterocycles. The predicted molar refractivity (Wildman–Crippen MR) is 125 cm³/mol. The second kappa shape index (κ2) is 14.8. The minimum Gasteiger partial charge on any atom is -0.494 e. The quantitative estimate of drug-likeness (QED) is 0.220. The van der Waals surface area contributed by atoms with Crippen molar-refractivity contribution < 1.29 is 9.47 Å². The van der Waals surface area contributed by atoms with Crippen LogP contribution in [0, 0.1) is 0 Å². The van der Waals surface area contributed by atoms with Crippen LogP contribution in [0.5, 0.6) is 5.75 Å². The molecule has 0 unspecified atom stereocenters. The first-order valence-electron chi connectivity index (χ1n) is 11.4. The van der Waals surface area contributed by atoms with Gasteiger partial charge in [0.25, 0.3) is 0 Å². The normalized spacial score (nSPS) is 13.1. The molecule has 3 nitrogen and oxygen atoms in total. The van der Waals surface area contributed by atoms with Crippen molar-refractivity contribution in [3.8, 4) is 5.75 Å². The van der Waals surface area contributed by atoms with Crippen molar-refractivity contribution >= 4 is 5.69 Å². The van der Waals surface area contributed by atoms with Crippen LogP contribution >= 0.6 is 0 Å². The van der Waals surface area contributed by atoms with Gasteiger partial charge in [-0.2, -0.15) is 0 Å². The molecular formula is C26H39NO2. The van der Waals surface area contributed by atoms with Crippen molar-refractivity contribution in [2.45, 2.75) is 64.7 Å². The maximum Gasteiger partial charge on any atom is 0.119 e. The van der Waals surface area contributed by atoms with Crippen LogP contribution in [-0.4, -0.2) is 26.3 Å². The van der Waals surface area contributed by atoms with E-state index in [1.54, 1.807) is 0 Å². The largest absolute Gasteiger partial charge is 0.494 e. The molecule has 3 heteroatoms. The van der Waals surface area contributed by atoms with E-state index in [1.165, 1.54) is 24.9 Å². The highest BCUT2D eigenvalue weighted by molar-refractivity contribution is 5.49. The Kier molecular flexibility index (Phi) is 11.8. The van der Waals surface area contributed by atoms with Crippen LogP contribution in [0.1, 0.15) is 64.7 Å². The lowest BCUT2D eigenvalue weighted by Gasteiger charge is -2.24. The smallest absolute Gasteiger partial charge is 0.119 e. The molecule has 0 aliphatic heterocycles. The van der Waals surface area contributed by atoms with Gasteiger partial charge in [0.15, 0.2) is 0 Å². The molecule has 1 aromatic carbocycles. The highest BCUT2D eigenvalue weighted by Gasteiger charge is 2.06. The van der Waals surface area contributed by atoms with Crippen molar-refractivity contribution in [1.29, 1.82) is 0 Å². The zero-order chi connectivity index (χ0) is 20.6. The van der Waals surface area contributed by atoms with Gasteiger partial charge in [-0.1, -0.05) is 38.3 Å². The number of hydrogen-bond acceptors (Lipinski definition) is 3. The fraction of sp³-hybridized carbons (Fsp3) is 0.538. The summed E-state index contributed by atoms with van der Waals surface area (Å²) in [6.07, 6.45) is 18.8. The predicted octanol–water partition coefficient (Wildman–Crippen LogP) is 7.06. The van der Waals surface area contributed by atoms with E-state index in [0.29, 0.717) is 0 Å². The molecule has 0 amide bonds. The molecule has 160 valence electrons. The molecule has 1 aromatic rings. The van der Waals surface area contributed by atoms with E-state index in [9.17, 15) is 0 Å². The van der Waals surface area contributed by atoms with Crippen molar-refractivity contribution in [2.24, 2.45) is 0 Å². The van der Waals surface area contributed by atoms with Crippen LogP contribution in [0.4, 0.5) is 5.69 Å². The SMILES string of the molecule is C=CCCN(CCCCCCOC1=CCCC=C1)c1ccc(OCCCC)cc1. The molecular weight excluding hydrogens is 358 g/mol. The number of rotatable bonds is 16. The molecule has 0 aromatic heterocycles. The Morgan fingerprint density at radius 3 is 2.45 bits per heavy atom. The monoisotopic (exact) mass is 397 g/mol. The lowest BCUT2D eigenvalue weighted by Crippen LogP contribution is -2.25. The second-order valence-electron chi connectivity index (χ2n) is 7.61. The number of benzene rings is 1.